The van der Waals surface area contributed by atoms with Crippen molar-refractivity contribution < 1.29 is 17.6 Å². The average Bonchev–Trinajstić information content (AvgIpc) is 3.08. The lowest BCUT2D eigenvalue weighted by Gasteiger charge is -2.06. The Morgan fingerprint density at radius 1 is 1.44 bits per heavy atom. The number of halogens is 2. The Balaban J connectivity index is 2.22. The number of carbonyl (C=O) groups excluding carboxylic acids is 1. The van der Waals surface area contributed by atoms with Crippen LogP contribution in [0.3, 0.4) is 0 Å². The van der Waals surface area contributed by atoms with Crippen LogP contribution >= 0.6 is 10.7 Å². The van der Waals surface area contributed by atoms with Gasteiger partial charge in [-0.25, -0.2) is 12.8 Å². The Morgan fingerprint density at radius 3 is 2.67 bits per heavy atom. The molecular weight excluding hydrogens is 281 g/mol. The van der Waals surface area contributed by atoms with Gasteiger partial charge in [0.05, 0.1) is 10.5 Å². The van der Waals surface area contributed by atoms with Crippen LogP contribution in [0.25, 0.3) is 0 Å². The minimum Gasteiger partial charge on any atom is -0.352 e. The topological polar surface area (TPSA) is 63.2 Å². The molecule has 1 aromatic carbocycles. The molecule has 1 aliphatic carbocycles. The summed E-state index contributed by atoms with van der Waals surface area (Å²) in [5, 5.41) is 2.56. The lowest BCUT2D eigenvalue weighted by Crippen LogP contribution is -2.26. The average molecular weight is 292 g/mol. The van der Waals surface area contributed by atoms with Crippen LogP contribution in [-0.4, -0.2) is 20.9 Å². The van der Waals surface area contributed by atoms with Gasteiger partial charge in [0.1, 0.15) is 5.82 Å². The Morgan fingerprint density at radius 2 is 2.11 bits per heavy atom. The zero-order valence-corrected chi connectivity index (χ0v) is 10.9. The SMILES string of the molecule is O=C(NCC1CC1)c1cc(S(=O)(=O)Cl)ccc1F. The van der Waals surface area contributed by atoms with Gasteiger partial charge in [0.2, 0.25) is 0 Å². The summed E-state index contributed by atoms with van der Waals surface area (Å²) in [5.74, 6) is -0.939. The van der Waals surface area contributed by atoms with Gasteiger partial charge in [-0.2, -0.15) is 0 Å². The molecule has 0 unspecified atom stereocenters. The van der Waals surface area contributed by atoms with Gasteiger partial charge in [-0.05, 0) is 37.0 Å². The monoisotopic (exact) mass is 291 g/mol. The van der Waals surface area contributed by atoms with E-state index >= 15 is 0 Å². The molecule has 18 heavy (non-hydrogen) atoms. The molecule has 0 heterocycles. The standard InChI is InChI=1S/C11H11ClFNO3S/c12-18(16,17)8-3-4-10(13)9(5-8)11(15)14-6-7-1-2-7/h3-5,7H,1-2,6H2,(H,14,15). The molecule has 98 valence electrons. The van der Waals surface area contributed by atoms with Gasteiger partial charge in [0.15, 0.2) is 0 Å². The Labute approximate surface area is 109 Å². The van der Waals surface area contributed by atoms with Gasteiger partial charge in [0, 0.05) is 17.2 Å². The first kappa shape index (κ1) is 13.3. The van der Waals surface area contributed by atoms with Crippen molar-refractivity contribution in [1.29, 1.82) is 0 Å². The molecule has 0 aromatic heterocycles. The highest BCUT2D eigenvalue weighted by Gasteiger charge is 2.23. The smallest absolute Gasteiger partial charge is 0.261 e. The molecule has 0 bridgehead atoms. The van der Waals surface area contributed by atoms with E-state index in [1.54, 1.807) is 0 Å². The van der Waals surface area contributed by atoms with Crippen molar-refractivity contribution in [3.05, 3.63) is 29.6 Å². The van der Waals surface area contributed by atoms with Crippen LogP contribution in [0.2, 0.25) is 0 Å². The van der Waals surface area contributed by atoms with Crippen molar-refractivity contribution in [3.63, 3.8) is 0 Å². The molecule has 0 spiro atoms. The minimum absolute atomic E-state index is 0.290. The molecule has 1 aliphatic rings. The van der Waals surface area contributed by atoms with Gasteiger partial charge in [0.25, 0.3) is 15.0 Å². The van der Waals surface area contributed by atoms with Gasteiger partial charge < -0.3 is 5.32 Å². The second-order valence-corrected chi connectivity index (χ2v) is 6.80. The van der Waals surface area contributed by atoms with Crippen LogP contribution in [-0.2, 0) is 9.05 Å². The lowest BCUT2D eigenvalue weighted by atomic mass is 10.2. The Kier molecular flexibility index (Phi) is 3.59. The number of amides is 1. The van der Waals surface area contributed by atoms with Gasteiger partial charge in [-0.3, -0.25) is 4.79 Å². The zero-order valence-electron chi connectivity index (χ0n) is 9.32. The van der Waals surface area contributed by atoms with Gasteiger partial charge in [-0.15, -0.1) is 0 Å². The largest absolute Gasteiger partial charge is 0.352 e. The van der Waals surface area contributed by atoms with E-state index in [1.165, 1.54) is 0 Å². The summed E-state index contributed by atoms with van der Waals surface area (Å²) in [5.41, 5.74) is -0.308. The second kappa shape index (κ2) is 4.85. The summed E-state index contributed by atoms with van der Waals surface area (Å²) in [6, 6.07) is 2.89. The molecule has 1 aromatic rings. The fourth-order valence-electron chi connectivity index (χ4n) is 1.48. The Bertz CT molecular complexity index is 584. The first-order chi connectivity index (χ1) is 8.38. The van der Waals surface area contributed by atoms with E-state index in [9.17, 15) is 17.6 Å². The first-order valence-electron chi connectivity index (χ1n) is 5.40. The van der Waals surface area contributed by atoms with Gasteiger partial charge >= 0.3 is 0 Å². The maximum atomic E-state index is 13.4. The van der Waals surface area contributed by atoms with E-state index in [4.69, 9.17) is 10.7 Å². The highest BCUT2D eigenvalue weighted by atomic mass is 35.7. The summed E-state index contributed by atoms with van der Waals surface area (Å²) in [6.07, 6.45) is 2.11. The highest BCUT2D eigenvalue weighted by Crippen LogP contribution is 2.27. The summed E-state index contributed by atoms with van der Waals surface area (Å²) in [4.78, 5) is 11.4. The van der Waals surface area contributed by atoms with Crippen molar-refractivity contribution in [2.24, 2.45) is 5.92 Å². The first-order valence-corrected chi connectivity index (χ1v) is 7.71. The van der Waals surface area contributed by atoms with Crippen LogP contribution in [0.15, 0.2) is 23.1 Å². The number of hydrogen-bond donors (Lipinski definition) is 1. The number of benzene rings is 1. The van der Waals surface area contributed by atoms with Crippen molar-refractivity contribution >= 4 is 25.6 Å². The second-order valence-electron chi connectivity index (χ2n) is 4.23. The van der Waals surface area contributed by atoms with Crippen LogP contribution in [0.1, 0.15) is 23.2 Å². The molecule has 0 radical (unpaired) electrons. The van der Waals surface area contributed by atoms with Crippen molar-refractivity contribution in [2.45, 2.75) is 17.7 Å². The third kappa shape index (κ3) is 3.20. The normalized spacial score (nSPS) is 15.4. The molecule has 1 N–H and O–H groups in total. The van der Waals surface area contributed by atoms with E-state index in [-0.39, 0.29) is 10.5 Å². The maximum Gasteiger partial charge on any atom is 0.261 e. The predicted molar refractivity (Wildman–Crippen MR) is 64.5 cm³/mol. The highest BCUT2D eigenvalue weighted by molar-refractivity contribution is 8.13. The van der Waals surface area contributed by atoms with E-state index in [1.807, 2.05) is 0 Å². The number of rotatable bonds is 4. The molecule has 2 rings (SSSR count). The molecule has 1 saturated carbocycles. The number of hydrogen-bond acceptors (Lipinski definition) is 3. The van der Waals surface area contributed by atoms with Crippen molar-refractivity contribution in [1.82, 2.24) is 5.32 Å². The number of nitrogens with one attached hydrogen (secondary N) is 1. The maximum absolute atomic E-state index is 13.4. The minimum atomic E-state index is -3.97. The van der Waals surface area contributed by atoms with Crippen LogP contribution in [0, 0.1) is 11.7 Å². The van der Waals surface area contributed by atoms with Crippen molar-refractivity contribution in [3.8, 4) is 0 Å². The molecule has 7 heteroatoms. The molecule has 0 atom stereocenters. The Hall–Kier alpha value is -1.14. The van der Waals surface area contributed by atoms with E-state index < -0.39 is 20.8 Å². The third-order valence-corrected chi connectivity index (χ3v) is 4.06. The van der Waals surface area contributed by atoms with Crippen molar-refractivity contribution in [2.75, 3.05) is 6.54 Å². The predicted octanol–water partition coefficient (Wildman–Crippen LogP) is 1.89. The molecule has 0 saturated heterocycles. The molecule has 1 amide bonds. The fourth-order valence-corrected chi connectivity index (χ4v) is 2.26. The molecule has 0 aliphatic heterocycles. The van der Waals surface area contributed by atoms with E-state index in [2.05, 4.69) is 5.32 Å². The molecule has 1 fully saturated rings. The lowest BCUT2D eigenvalue weighted by molar-refractivity contribution is 0.0947. The summed E-state index contributed by atoms with van der Waals surface area (Å²) in [7, 11) is 1.17. The quantitative estimate of drug-likeness (QED) is 0.862. The summed E-state index contributed by atoms with van der Waals surface area (Å²) >= 11 is 0. The van der Waals surface area contributed by atoms with Crippen LogP contribution in [0.5, 0.6) is 0 Å². The van der Waals surface area contributed by atoms with E-state index in [0.717, 1.165) is 31.0 Å². The van der Waals surface area contributed by atoms with Gasteiger partial charge in [-0.1, -0.05) is 0 Å². The van der Waals surface area contributed by atoms with Crippen LogP contribution in [0.4, 0.5) is 4.39 Å². The molecular formula is C11H11ClFNO3S. The van der Waals surface area contributed by atoms with Crippen LogP contribution < -0.4 is 5.32 Å². The molecule has 4 nitrogen and oxygen atoms in total. The fraction of sp³-hybridized carbons (Fsp3) is 0.364. The summed E-state index contributed by atoms with van der Waals surface area (Å²) in [6.45, 7) is 0.482. The summed E-state index contributed by atoms with van der Waals surface area (Å²) < 4.78 is 35.7. The third-order valence-electron chi connectivity index (χ3n) is 2.71. The number of carbonyl (C=O) groups is 1. The zero-order chi connectivity index (χ0) is 13.3. The van der Waals surface area contributed by atoms with E-state index in [0.29, 0.717) is 12.5 Å².